The zero-order valence-corrected chi connectivity index (χ0v) is 15.7. The molecule has 0 aliphatic rings. The molecule has 0 aliphatic carbocycles. The molecule has 0 unspecified atom stereocenters. The van der Waals surface area contributed by atoms with E-state index in [4.69, 9.17) is 9.26 Å². The molecule has 0 spiro atoms. The van der Waals surface area contributed by atoms with E-state index >= 15 is 0 Å². The minimum Gasteiger partial charge on any atom is -0.497 e. The van der Waals surface area contributed by atoms with Crippen molar-refractivity contribution in [2.24, 2.45) is 5.92 Å². The van der Waals surface area contributed by atoms with Crippen LogP contribution in [-0.4, -0.2) is 36.2 Å². The van der Waals surface area contributed by atoms with Crippen LogP contribution in [0.5, 0.6) is 5.75 Å². The van der Waals surface area contributed by atoms with E-state index in [1.54, 1.807) is 19.2 Å². The molecule has 0 radical (unpaired) electrons. The summed E-state index contributed by atoms with van der Waals surface area (Å²) in [7, 11) is 1.58. The number of nitrogens with zero attached hydrogens (tertiary/aromatic N) is 1. The minimum atomic E-state index is -0.651. The first-order valence-electron chi connectivity index (χ1n) is 8.54. The number of ether oxygens (including phenoxy) is 1. The maximum absolute atomic E-state index is 12.5. The van der Waals surface area contributed by atoms with Gasteiger partial charge in [-0.15, -0.1) is 0 Å². The largest absolute Gasteiger partial charge is 0.497 e. The number of amides is 2. The molecule has 0 aliphatic heterocycles. The number of aromatic nitrogens is 1. The zero-order chi connectivity index (χ0) is 19.3. The first kappa shape index (κ1) is 19.5. The molecule has 0 fully saturated rings. The number of rotatable bonds is 7. The fourth-order valence-corrected chi connectivity index (χ4v) is 2.42. The predicted octanol–water partition coefficient (Wildman–Crippen LogP) is 2.63. The van der Waals surface area contributed by atoms with Gasteiger partial charge in [-0.3, -0.25) is 9.59 Å². The van der Waals surface area contributed by atoms with E-state index in [9.17, 15) is 9.59 Å². The average molecular weight is 359 g/mol. The number of hydrogen-bond acceptors (Lipinski definition) is 5. The van der Waals surface area contributed by atoms with E-state index in [2.05, 4.69) is 15.8 Å². The van der Waals surface area contributed by atoms with E-state index in [-0.39, 0.29) is 23.6 Å². The van der Waals surface area contributed by atoms with Gasteiger partial charge in [-0.1, -0.05) is 31.1 Å². The fourth-order valence-electron chi connectivity index (χ4n) is 2.42. The van der Waals surface area contributed by atoms with Gasteiger partial charge in [0.05, 0.1) is 7.11 Å². The summed E-state index contributed by atoms with van der Waals surface area (Å²) in [4.78, 5) is 24.8. The van der Waals surface area contributed by atoms with Crippen molar-refractivity contribution in [1.29, 1.82) is 0 Å². The number of carbonyl (C=O) groups is 2. The van der Waals surface area contributed by atoms with Crippen molar-refractivity contribution in [3.8, 4) is 17.1 Å². The minimum absolute atomic E-state index is 0.00707. The molecule has 1 atom stereocenters. The van der Waals surface area contributed by atoms with Crippen molar-refractivity contribution in [2.45, 2.75) is 39.8 Å². The molecule has 2 aromatic rings. The molecular weight excluding hydrogens is 334 g/mol. The normalized spacial score (nSPS) is 12.1. The summed E-state index contributed by atoms with van der Waals surface area (Å²) in [6.07, 6.45) is 0. The van der Waals surface area contributed by atoms with Crippen LogP contribution in [0.3, 0.4) is 0 Å². The lowest BCUT2D eigenvalue weighted by molar-refractivity contribution is -0.124. The SMILES string of the molecule is COc1cccc(-c2cc(C(=O)N[C@H](C(=O)NC(C)C)C(C)C)no2)c1. The molecule has 0 bridgehead atoms. The summed E-state index contributed by atoms with van der Waals surface area (Å²) in [5, 5.41) is 9.36. The standard InChI is InChI=1S/C19H25N3O4/c1-11(2)17(19(24)20-12(3)4)21-18(23)15-10-16(26-22-15)13-7-6-8-14(9-13)25-5/h6-12,17H,1-5H3,(H,20,24)(H,21,23)/t17-/m0/s1. The Balaban J connectivity index is 2.14. The van der Waals surface area contributed by atoms with Gasteiger partial charge in [-0.25, -0.2) is 0 Å². The summed E-state index contributed by atoms with van der Waals surface area (Å²) >= 11 is 0. The van der Waals surface area contributed by atoms with Crippen molar-refractivity contribution in [3.63, 3.8) is 0 Å². The molecule has 26 heavy (non-hydrogen) atoms. The Morgan fingerprint density at radius 1 is 1.12 bits per heavy atom. The van der Waals surface area contributed by atoms with Crippen molar-refractivity contribution in [1.82, 2.24) is 15.8 Å². The molecule has 7 heteroatoms. The topological polar surface area (TPSA) is 93.5 Å². The van der Waals surface area contributed by atoms with Crippen LogP contribution in [0.2, 0.25) is 0 Å². The van der Waals surface area contributed by atoms with Crippen LogP contribution in [0.4, 0.5) is 0 Å². The van der Waals surface area contributed by atoms with Crippen LogP contribution in [0.1, 0.15) is 38.2 Å². The third-order valence-electron chi connectivity index (χ3n) is 3.76. The Kier molecular flexibility index (Phi) is 6.38. The molecule has 0 saturated heterocycles. The van der Waals surface area contributed by atoms with Gasteiger partial charge >= 0.3 is 0 Å². The highest BCUT2D eigenvalue weighted by Crippen LogP contribution is 2.24. The Bertz CT molecular complexity index is 768. The molecule has 7 nitrogen and oxygen atoms in total. The van der Waals surface area contributed by atoms with Gasteiger partial charge in [0.2, 0.25) is 5.91 Å². The Labute approximate surface area is 153 Å². The van der Waals surface area contributed by atoms with Crippen molar-refractivity contribution >= 4 is 11.8 Å². The van der Waals surface area contributed by atoms with Crippen LogP contribution in [0.15, 0.2) is 34.9 Å². The molecule has 2 N–H and O–H groups in total. The van der Waals surface area contributed by atoms with E-state index < -0.39 is 11.9 Å². The first-order valence-corrected chi connectivity index (χ1v) is 8.54. The Hall–Kier alpha value is -2.83. The number of benzene rings is 1. The van der Waals surface area contributed by atoms with E-state index in [1.807, 2.05) is 45.9 Å². The number of hydrogen-bond donors (Lipinski definition) is 2. The number of methoxy groups -OCH3 is 1. The number of carbonyl (C=O) groups excluding carboxylic acids is 2. The highest BCUT2D eigenvalue weighted by atomic mass is 16.5. The van der Waals surface area contributed by atoms with Crippen LogP contribution < -0.4 is 15.4 Å². The summed E-state index contributed by atoms with van der Waals surface area (Å²) in [5.41, 5.74) is 0.861. The van der Waals surface area contributed by atoms with E-state index in [0.717, 1.165) is 5.56 Å². The second-order valence-electron chi connectivity index (χ2n) is 6.67. The predicted molar refractivity (Wildman–Crippen MR) is 97.9 cm³/mol. The van der Waals surface area contributed by atoms with Crippen LogP contribution in [0.25, 0.3) is 11.3 Å². The van der Waals surface area contributed by atoms with Crippen LogP contribution in [0, 0.1) is 5.92 Å². The van der Waals surface area contributed by atoms with E-state index in [0.29, 0.717) is 11.5 Å². The number of nitrogens with one attached hydrogen (secondary N) is 2. The monoisotopic (exact) mass is 359 g/mol. The summed E-state index contributed by atoms with van der Waals surface area (Å²) in [6, 6.07) is 8.14. The van der Waals surface area contributed by atoms with Gasteiger partial charge in [0, 0.05) is 17.7 Å². The highest BCUT2D eigenvalue weighted by molar-refractivity contribution is 5.96. The van der Waals surface area contributed by atoms with E-state index in [1.165, 1.54) is 0 Å². The third-order valence-corrected chi connectivity index (χ3v) is 3.76. The van der Waals surface area contributed by atoms with Gasteiger partial charge < -0.3 is 19.9 Å². The van der Waals surface area contributed by atoms with Crippen molar-refractivity contribution in [2.75, 3.05) is 7.11 Å². The van der Waals surface area contributed by atoms with Gasteiger partial charge in [-0.2, -0.15) is 0 Å². The second-order valence-corrected chi connectivity index (χ2v) is 6.67. The lowest BCUT2D eigenvalue weighted by Gasteiger charge is -2.22. The quantitative estimate of drug-likeness (QED) is 0.793. The third kappa shape index (κ3) is 4.84. The summed E-state index contributed by atoms with van der Waals surface area (Å²) in [6.45, 7) is 7.48. The van der Waals surface area contributed by atoms with Crippen LogP contribution in [-0.2, 0) is 4.79 Å². The summed E-state index contributed by atoms with van der Waals surface area (Å²) in [5.74, 6) is 0.375. The lowest BCUT2D eigenvalue weighted by atomic mass is 10.0. The molecule has 140 valence electrons. The van der Waals surface area contributed by atoms with Gasteiger partial charge in [0.15, 0.2) is 11.5 Å². The molecule has 1 aromatic carbocycles. The molecule has 0 saturated carbocycles. The second kappa shape index (κ2) is 8.51. The molecule has 1 aromatic heterocycles. The fraction of sp³-hybridized carbons (Fsp3) is 0.421. The summed E-state index contributed by atoms with van der Waals surface area (Å²) < 4.78 is 10.5. The van der Waals surface area contributed by atoms with Gasteiger partial charge in [-0.05, 0) is 31.9 Å². The molecule has 2 amide bonds. The Morgan fingerprint density at radius 3 is 2.46 bits per heavy atom. The Morgan fingerprint density at radius 2 is 1.85 bits per heavy atom. The zero-order valence-electron chi connectivity index (χ0n) is 15.7. The van der Waals surface area contributed by atoms with Crippen LogP contribution >= 0.6 is 0 Å². The van der Waals surface area contributed by atoms with Gasteiger partial charge in [0.1, 0.15) is 11.8 Å². The maximum Gasteiger partial charge on any atom is 0.274 e. The smallest absolute Gasteiger partial charge is 0.274 e. The lowest BCUT2D eigenvalue weighted by Crippen LogP contribution is -2.51. The molecular formula is C19H25N3O4. The van der Waals surface area contributed by atoms with Crippen molar-refractivity contribution in [3.05, 3.63) is 36.0 Å². The average Bonchev–Trinajstić information content (AvgIpc) is 3.08. The first-order chi connectivity index (χ1) is 12.3. The van der Waals surface area contributed by atoms with Crippen molar-refractivity contribution < 1.29 is 18.8 Å². The maximum atomic E-state index is 12.5. The molecule has 1 heterocycles. The van der Waals surface area contributed by atoms with Gasteiger partial charge in [0.25, 0.3) is 5.91 Å². The highest BCUT2D eigenvalue weighted by Gasteiger charge is 2.26. The molecule has 2 rings (SSSR count).